The van der Waals surface area contributed by atoms with E-state index in [0.29, 0.717) is 29.8 Å². The summed E-state index contributed by atoms with van der Waals surface area (Å²) in [6.07, 6.45) is 0.570. The predicted molar refractivity (Wildman–Crippen MR) is 95.5 cm³/mol. The quantitative estimate of drug-likeness (QED) is 0.748. The topological polar surface area (TPSA) is 57.7 Å². The van der Waals surface area contributed by atoms with Gasteiger partial charge in [0.05, 0.1) is 11.1 Å². The van der Waals surface area contributed by atoms with Gasteiger partial charge in [0.2, 0.25) is 5.91 Å². The fourth-order valence-corrected chi connectivity index (χ4v) is 3.09. The van der Waals surface area contributed by atoms with E-state index < -0.39 is 0 Å². The lowest BCUT2D eigenvalue weighted by Crippen LogP contribution is -2.33. The van der Waals surface area contributed by atoms with Crippen LogP contribution in [-0.4, -0.2) is 35.7 Å². The second kappa shape index (κ2) is 7.47. The van der Waals surface area contributed by atoms with Crippen LogP contribution in [0.2, 0.25) is 0 Å². The van der Waals surface area contributed by atoms with Gasteiger partial charge in [0.25, 0.3) is 11.8 Å². The second-order valence-electron chi connectivity index (χ2n) is 6.03. The van der Waals surface area contributed by atoms with Crippen molar-refractivity contribution in [3.63, 3.8) is 0 Å². The molecule has 0 atom stereocenters. The number of imide groups is 1. The van der Waals surface area contributed by atoms with Crippen LogP contribution in [0.5, 0.6) is 0 Å². The van der Waals surface area contributed by atoms with Gasteiger partial charge in [-0.15, -0.1) is 0 Å². The van der Waals surface area contributed by atoms with Gasteiger partial charge in [-0.2, -0.15) is 0 Å². The first kappa shape index (κ1) is 17.8. The third-order valence-corrected chi connectivity index (χ3v) is 4.41. The highest BCUT2D eigenvalue weighted by atomic mass is 19.1. The average Bonchev–Trinajstić information content (AvgIpc) is 2.89. The van der Waals surface area contributed by atoms with Gasteiger partial charge in [-0.25, -0.2) is 4.39 Å². The van der Waals surface area contributed by atoms with E-state index >= 15 is 0 Å². The molecule has 3 amide bonds. The molecule has 1 aliphatic heterocycles. The van der Waals surface area contributed by atoms with Crippen molar-refractivity contribution < 1.29 is 18.8 Å². The van der Waals surface area contributed by atoms with Crippen LogP contribution in [0, 0.1) is 5.82 Å². The number of carbonyl (C=O) groups excluding carboxylic acids is 3. The van der Waals surface area contributed by atoms with E-state index in [1.54, 1.807) is 41.3 Å². The van der Waals surface area contributed by atoms with Crippen molar-refractivity contribution in [2.45, 2.75) is 19.8 Å². The van der Waals surface area contributed by atoms with Crippen LogP contribution in [0.3, 0.4) is 0 Å². The minimum Gasteiger partial charge on any atom is -0.313 e. The molecule has 2 aromatic carbocycles. The molecule has 1 aliphatic rings. The Labute approximate surface area is 151 Å². The Morgan fingerprint density at radius 1 is 1.00 bits per heavy atom. The monoisotopic (exact) mass is 354 g/mol. The Morgan fingerprint density at radius 2 is 1.58 bits per heavy atom. The summed E-state index contributed by atoms with van der Waals surface area (Å²) in [6.45, 7) is 2.49. The van der Waals surface area contributed by atoms with Crippen molar-refractivity contribution in [1.29, 1.82) is 0 Å². The number of fused-ring (bicyclic) bond motifs is 1. The lowest BCUT2D eigenvalue weighted by molar-refractivity contribution is -0.118. The molecular formula is C20H19FN2O3. The summed E-state index contributed by atoms with van der Waals surface area (Å²) in [5, 5.41) is 0. The molecule has 0 N–H and O–H groups in total. The first-order valence-corrected chi connectivity index (χ1v) is 8.54. The van der Waals surface area contributed by atoms with Crippen molar-refractivity contribution in [1.82, 2.24) is 4.90 Å². The van der Waals surface area contributed by atoms with Crippen LogP contribution in [0.15, 0.2) is 48.5 Å². The number of rotatable bonds is 6. The van der Waals surface area contributed by atoms with Gasteiger partial charge < -0.3 is 4.90 Å². The van der Waals surface area contributed by atoms with Crippen molar-refractivity contribution in [3.8, 4) is 0 Å². The predicted octanol–water partition coefficient (Wildman–Crippen LogP) is 3.26. The summed E-state index contributed by atoms with van der Waals surface area (Å²) in [4.78, 5) is 39.8. The average molecular weight is 354 g/mol. The molecule has 3 rings (SSSR count). The maximum Gasteiger partial charge on any atom is 0.261 e. The number of nitrogens with zero attached hydrogens (tertiary/aromatic N) is 2. The SMILES string of the molecule is CCN(C(=O)CCCN1C(=O)c2ccccc2C1=O)c1ccc(F)cc1. The third kappa shape index (κ3) is 3.35. The number of benzene rings is 2. The molecule has 26 heavy (non-hydrogen) atoms. The number of hydrogen-bond acceptors (Lipinski definition) is 3. The Bertz CT molecular complexity index is 813. The molecule has 0 saturated heterocycles. The number of anilines is 1. The highest BCUT2D eigenvalue weighted by Crippen LogP contribution is 2.23. The van der Waals surface area contributed by atoms with Crippen molar-refractivity contribution in [2.24, 2.45) is 0 Å². The molecule has 2 aromatic rings. The smallest absolute Gasteiger partial charge is 0.261 e. The maximum atomic E-state index is 13.0. The Kier molecular flexibility index (Phi) is 5.11. The molecule has 0 saturated carbocycles. The molecule has 0 aliphatic carbocycles. The highest BCUT2D eigenvalue weighted by molar-refractivity contribution is 6.21. The largest absolute Gasteiger partial charge is 0.313 e. The summed E-state index contributed by atoms with van der Waals surface area (Å²) in [5.74, 6) is -1.12. The summed E-state index contributed by atoms with van der Waals surface area (Å²) in [5.41, 5.74) is 1.44. The zero-order valence-electron chi connectivity index (χ0n) is 14.4. The Balaban J connectivity index is 1.59. The third-order valence-electron chi connectivity index (χ3n) is 4.41. The number of amides is 3. The maximum absolute atomic E-state index is 13.0. The molecule has 6 heteroatoms. The first-order valence-electron chi connectivity index (χ1n) is 8.54. The minimum absolute atomic E-state index is 0.129. The van der Waals surface area contributed by atoms with Crippen LogP contribution in [0.25, 0.3) is 0 Å². The molecule has 0 bridgehead atoms. The summed E-state index contributed by atoms with van der Waals surface area (Å²) in [6, 6.07) is 12.4. The van der Waals surface area contributed by atoms with Crippen LogP contribution in [-0.2, 0) is 4.79 Å². The van der Waals surface area contributed by atoms with E-state index in [-0.39, 0.29) is 36.5 Å². The molecule has 0 fully saturated rings. The summed E-state index contributed by atoms with van der Waals surface area (Å²) < 4.78 is 13.0. The van der Waals surface area contributed by atoms with Gasteiger partial charge in [-0.3, -0.25) is 19.3 Å². The van der Waals surface area contributed by atoms with Crippen LogP contribution >= 0.6 is 0 Å². The van der Waals surface area contributed by atoms with Crippen LogP contribution in [0.4, 0.5) is 10.1 Å². The van der Waals surface area contributed by atoms with E-state index in [1.807, 2.05) is 6.92 Å². The lowest BCUT2D eigenvalue weighted by Gasteiger charge is -2.21. The molecule has 0 radical (unpaired) electrons. The normalized spacial score (nSPS) is 13.1. The van der Waals surface area contributed by atoms with Crippen molar-refractivity contribution in [3.05, 3.63) is 65.5 Å². The van der Waals surface area contributed by atoms with Crippen molar-refractivity contribution in [2.75, 3.05) is 18.0 Å². The van der Waals surface area contributed by atoms with Gasteiger partial charge in [0.15, 0.2) is 0 Å². The fraction of sp³-hybridized carbons (Fsp3) is 0.250. The second-order valence-corrected chi connectivity index (χ2v) is 6.03. The number of halogens is 1. The van der Waals surface area contributed by atoms with E-state index in [9.17, 15) is 18.8 Å². The summed E-state index contributed by atoms with van der Waals surface area (Å²) >= 11 is 0. The molecule has 134 valence electrons. The molecule has 0 aromatic heterocycles. The molecule has 0 unspecified atom stereocenters. The van der Waals surface area contributed by atoms with Crippen molar-refractivity contribution >= 4 is 23.4 Å². The van der Waals surface area contributed by atoms with E-state index in [4.69, 9.17) is 0 Å². The molecule has 1 heterocycles. The standard InChI is InChI=1S/C20H19FN2O3/c1-2-22(15-11-9-14(21)10-12-15)18(24)8-5-13-23-19(25)16-6-3-4-7-17(16)20(23)26/h3-4,6-7,9-12H,2,5,8,13H2,1H3. The van der Waals surface area contributed by atoms with Gasteiger partial charge in [0, 0.05) is 25.2 Å². The lowest BCUT2D eigenvalue weighted by atomic mass is 10.1. The van der Waals surface area contributed by atoms with Gasteiger partial charge >= 0.3 is 0 Å². The van der Waals surface area contributed by atoms with Crippen LogP contribution < -0.4 is 4.90 Å². The van der Waals surface area contributed by atoms with E-state index in [1.165, 1.54) is 17.0 Å². The van der Waals surface area contributed by atoms with Gasteiger partial charge in [0.1, 0.15) is 5.82 Å². The number of hydrogen-bond donors (Lipinski definition) is 0. The van der Waals surface area contributed by atoms with E-state index in [2.05, 4.69) is 0 Å². The molecule has 0 spiro atoms. The zero-order valence-corrected chi connectivity index (χ0v) is 14.4. The van der Waals surface area contributed by atoms with Gasteiger partial charge in [-0.05, 0) is 49.7 Å². The summed E-state index contributed by atoms with van der Waals surface area (Å²) in [7, 11) is 0. The van der Waals surface area contributed by atoms with Gasteiger partial charge in [-0.1, -0.05) is 12.1 Å². The number of carbonyl (C=O) groups is 3. The first-order chi connectivity index (χ1) is 12.5. The highest BCUT2D eigenvalue weighted by Gasteiger charge is 2.34. The molecular weight excluding hydrogens is 335 g/mol. The van der Waals surface area contributed by atoms with Crippen LogP contribution in [0.1, 0.15) is 40.5 Å². The minimum atomic E-state index is -0.358. The Morgan fingerprint density at radius 3 is 2.12 bits per heavy atom. The molecule has 5 nitrogen and oxygen atoms in total. The fourth-order valence-electron chi connectivity index (χ4n) is 3.09. The van der Waals surface area contributed by atoms with E-state index in [0.717, 1.165) is 0 Å². The zero-order chi connectivity index (χ0) is 18.7. The Hall–Kier alpha value is -3.02.